The van der Waals surface area contributed by atoms with E-state index in [9.17, 15) is 9.90 Å². The molecule has 2 aromatic rings. The van der Waals surface area contributed by atoms with Crippen molar-refractivity contribution in [2.45, 2.75) is 48.3 Å². The van der Waals surface area contributed by atoms with Gasteiger partial charge in [0.2, 0.25) is 0 Å². The first-order chi connectivity index (χ1) is 15.6. The molecular weight excluding hydrogens is 460 g/mol. The van der Waals surface area contributed by atoms with Gasteiger partial charge in [-0.25, -0.2) is 4.31 Å². The molecule has 1 aliphatic rings. The number of para-hydroxylation sites is 1. The molecule has 0 aromatic heterocycles. The van der Waals surface area contributed by atoms with Crippen molar-refractivity contribution in [2.75, 3.05) is 36.1 Å². The summed E-state index contributed by atoms with van der Waals surface area (Å²) in [4.78, 5) is 15.8. The van der Waals surface area contributed by atoms with Gasteiger partial charge in [0.25, 0.3) is 0 Å². The second-order valence-electron chi connectivity index (χ2n) is 7.63. The molecule has 1 unspecified atom stereocenters. The number of aliphatic hydroxyl groups excluding tert-OH is 1. The van der Waals surface area contributed by atoms with Crippen LogP contribution in [0.25, 0.3) is 0 Å². The summed E-state index contributed by atoms with van der Waals surface area (Å²) in [6, 6.07) is 15.4. The molecule has 0 aliphatic carbocycles. The van der Waals surface area contributed by atoms with Crippen molar-refractivity contribution in [1.29, 1.82) is 0 Å². The van der Waals surface area contributed by atoms with Crippen molar-refractivity contribution in [3.63, 3.8) is 0 Å². The molecule has 8 heteroatoms. The second kappa shape index (κ2) is 12.8. The van der Waals surface area contributed by atoms with E-state index < -0.39 is 5.97 Å². The summed E-state index contributed by atoms with van der Waals surface area (Å²) in [5, 5.41) is 18.5. The van der Waals surface area contributed by atoms with E-state index in [2.05, 4.69) is 59.5 Å². The van der Waals surface area contributed by atoms with Gasteiger partial charge < -0.3 is 15.1 Å². The number of hydrogen-bond acceptors (Lipinski definition) is 7. The van der Waals surface area contributed by atoms with Crippen LogP contribution in [0.3, 0.4) is 0 Å². The third kappa shape index (κ3) is 6.60. The maximum absolute atomic E-state index is 11.0. The zero-order valence-electron chi connectivity index (χ0n) is 18.7. The Kier molecular flexibility index (Phi) is 10.1. The Morgan fingerprint density at radius 3 is 2.66 bits per heavy atom. The van der Waals surface area contributed by atoms with Crippen molar-refractivity contribution in [2.24, 2.45) is 0 Å². The number of aliphatic carboxylic acids is 1. The maximum atomic E-state index is 11.0. The Labute approximate surface area is 204 Å². The third-order valence-corrected chi connectivity index (χ3v) is 8.55. The monoisotopic (exact) mass is 492 g/mol. The highest BCUT2D eigenvalue weighted by Crippen LogP contribution is 2.45. The highest BCUT2D eigenvalue weighted by Gasteiger charge is 2.29. The van der Waals surface area contributed by atoms with Gasteiger partial charge in [0.05, 0.1) is 18.0 Å². The minimum atomic E-state index is -0.793. The van der Waals surface area contributed by atoms with Crippen LogP contribution in [0.1, 0.15) is 32.3 Å². The zero-order chi connectivity index (χ0) is 22.9. The van der Waals surface area contributed by atoms with Gasteiger partial charge in [-0.05, 0) is 54.6 Å². The van der Waals surface area contributed by atoms with Gasteiger partial charge in [-0.3, -0.25) is 4.79 Å². The van der Waals surface area contributed by atoms with Gasteiger partial charge in [-0.2, -0.15) is 0 Å². The summed E-state index contributed by atoms with van der Waals surface area (Å²) in [5.74, 6) is 0.556. The smallest absolute Gasteiger partial charge is 0.313 e. The first-order valence-electron chi connectivity index (χ1n) is 11.0. The van der Waals surface area contributed by atoms with Gasteiger partial charge >= 0.3 is 5.97 Å². The lowest BCUT2D eigenvalue weighted by molar-refractivity contribution is -0.133. The normalized spacial score (nSPS) is 16.6. The summed E-state index contributed by atoms with van der Waals surface area (Å²) in [5.41, 5.74) is 3.50. The minimum absolute atomic E-state index is 0.0876. The Hall–Kier alpha value is -1.32. The molecule has 2 N–H and O–H groups in total. The maximum Gasteiger partial charge on any atom is 0.313 e. The largest absolute Gasteiger partial charge is 0.481 e. The van der Waals surface area contributed by atoms with E-state index in [0.29, 0.717) is 17.5 Å². The quantitative estimate of drug-likeness (QED) is 0.304. The number of nitrogens with zero attached hydrogens (tertiary/aromatic N) is 2. The zero-order valence-corrected chi connectivity index (χ0v) is 21.1. The number of anilines is 2. The van der Waals surface area contributed by atoms with Gasteiger partial charge in [-0.15, -0.1) is 23.5 Å². The topological polar surface area (TPSA) is 64.0 Å². The van der Waals surface area contributed by atoms with Crippen molar-refractivity contribution >= 4 is 52.8 Å². The molecule has 0 amide bonds. The average molecular weight is 493 g/mol. The second-order valence-corrected chi connectivity index (χ2v) is 10.8. The number of carboxylic acids is 1. The predicted octanol–water partition coefficient (Wildman–Crippen LogP) is 5.74. The molecule has 0 bridgehead atoms. The SMILES string of the molecule is CCCN1Sc2cc(CSCC(=O)O)c(SCCO)cc2N(c2ccccc2)CC1CC. The summed E-state index contributed by atoms with van der Waals surface area (Å²) >= 11 is 4.89. The lowest BCUT2D eigenvalue weighted by Crippen LogP contribution is -2.37. The molecule has 5 nitrogen and oxygen atoms in total. The first-order valence-corrected chi connectivity index (χ1v) is 14.0. The number of carboxylic acid groups (broad SMARTS) is 1. The van der Waals surface area contributed by atoms with Gasteiger partial charge in [0.15, 0.2) is 0 Å². The Bertz CT molecular complexity index is 882. The average Bonchev–Trinajstić information content (AvgIpc) is 2.94. The molecule has 1 heterocycles. The lowest BCUT2D eigenvalue weighted by Gasteiger charge is -2.31. The van der Waals surface area contributed by atoms with Crippen molar-refractivity contribution < 1.29 is 15.0 Å². The summed E-state index contributed by atoms with van der Waals surface area (Å²) in [6.45, 7) is 6.52. The van der Waals surface area contributed by atoms with E-state index in [1.165, 1.54) is 28.0 Å². The molecule has 3 rings (SSSR count). The molecule has 174 valence electrons. The van der Waals surface area contributed by atoms with Gasteiger partial charge in [0, 0.05) is 46.1 Å². The Morgan fingerprint density at radius 1 is 1.22 bits per heavy atom. The van der Waals surface area contributed by atoms with Crippen LogP contribution < -0.4 is 4.90 Å². The van der Waals surface area contributed by atoms with Crippen LogP contribution in [-0.4, -0.2) is 57.7 Å². The molecule has 0 fully saturated rings. The van der Waals surface area contributed by atoms with Crippen LogP contribution in [0.2, 0.25) is 0 Å². The van der Waals surface area contributed by atoms with Crippen LogP contribution in [0.15, 0.2) is 52.3 Å². The van der Waals surface area contributed by atoms with E-state index in [4.69, 9.17) is 5.11 Å². The van der Waals surface area contributed by atoms with Crippen molar-refractivity contribution in [3.05, 3.63) is 48.0 Å². The van der Waals surface area contributed by atoms with Crippen LogP contribution in [0.4, 0.5) is 11.4 Å². The lowest BCUT2D eigenvalue weighted by atomic mass is 10.1. The fraction of sp³-hybridized carbons (Fsp3) is 0.458. The fourth-order valence-corrected chi connectivity index (χ4v) is 6.76. The molecule has 2 aromatic carbocycles. The molecule has 0 saturated carbocycles. The molecule has 1 atom stereocenters. The van der Waals surface area contributed by atoms with E-state index in [1.807, 2.05) is 18.0 Å². The number of rotatable bonds is 11. The standard InChI is InChI=1S/C24H32N2O3S3/c1-3-10-26-19(4-2)15-25(20-8-6-5-7-9-20)21-14-22(31-12-11-27)18(13-23(21)32-26)16-30-17-24(28)29/h5-9,13-14,19,27H,3-4,10-12,15-17H2,1-2H3,(H,28,29). The number of hydrogen-bond donors (Lipinski definition) is 2. The number of carbonyl (C=O) groups is 1. The van der Waals surface area contributed by atoms with E-state index in [-0.39, 0.29) is 12.4 Å². The fourth-order valence-electron chi connectivity index (χ4n) is 3.76. The molecular formula is C24H32N2O3S3. The number of aliphatic hydroxyl groups is 1. The highest BCUT2D eigenvalue weighted by molar-refractivity contribution is 8.00. The van der Waals surface area contributed by atoms with Gasteiger partial charge in [0.1, 0.15) is 0 Å². The molecule has 0 saturated heterocycles. The summed E-state index contributed by atoms with van der Waals surface area (Å²) in [7, 11) is 0. The van der Waals surface area contributed by atoms with E-state index >= 15 is 0 Å². The Balaban J connectivity index is 2.06. The predicted molar refractivity (Wildman–Crippen MR) is 138 cm³/mol. The summed E-state index contributed by atoms with van der Waals surface area (Å²) < 4.78 is 2.51. The number of benzene rings is 2. The number of fused-ring (bicyclic) bond motifs is 1. The van der Waals surface area contributed by atoms with Crippen molar-refractivity contribution in [3.8, 4) is 0 Å². The minimum Gasteiger partial charge on any atom is -0.481 e. The highest BCUT2D eigenvalue weighted by atomic mass is 32.2. The molecule has 0 radical (unpaired) electrons. The van der Waals surface area contributed by atoms with Crippen LogP contribution in [-0.2, 0) is 10.5 Å². The number of thioether (sulfide) groups is 2. The van der Waals surface area contributed by atoms with Crippen molar-refractivity contribution in [1.82, 2.24) is 4.31 Å². The summed E-state index contributed by atoms with van der Waals surface area (Å²) in [6.07, 6.45) is 2.16. The van der Waals surface area contributed by atoms with Crippen LogP contribution in [0, 0.1) is 0 Å². The van der Waals surface area contributed by atoms with Crippen LogP contribution >= 0.6 is 35.5 Å². The van der Waals surface area contributed by atoms with E-state index in [1.54, 1.807) is 11.8 Å². The first kappa shape index (κ1) is 25.3. The molecule has 1 aliphatic heterocycles. The van der Waals surface area contributed by atoms with Gasteiger partial charge in [-0.1, -0.05) is 32.0 Å². The molecule has 32 heavy (non-hydrogen) atoms. The van der Waals surface area contributed by atoms with E-state index in [0.717, 1.165) is 36.4 Å². The molecule has 0 spiro atoms. The van der Waals surface area contributed by atoms with Crippen LogP contribution in [0.5, 0.6) is 0 Å². The third-order valence-electron chi connectivity index (χ3n) is 5.26. The Morgan fingerprint density at radius 2 is 2.00 bits per heavy atom.